The molecule has 1 aromatic carbocycles. The van der Waals surface area contributed by atoms with Gasteiger partial charge in [-0.25, -0.2) is 9.97 Å². The topological polar surface area (TPSA) is 87.9 Å². The summed E-state index contributed by atoms with van der Waals surface area (Å²) in [5, 5.41) is 17.3. The largest absolute Gasteiger partial charge is 0.393 e. The van der Waals surface area contributed by atoms with Gasteiger partial charge in [0.05, 0.1) is 28.0 Å². The van der Waals surface area contributed by atoms with E-state index in [1.54, 1.807) is 22.9 Å². The molecule has 7 nitrogen and oxygen atoms in total. The summed E-state index contributed by atoms with van der Waals surface area (Å²) >= 11 is 18.4. The quantitative estimate of drug-likeness (QED) is 0.572. The molecule has 0 amide bonds. The standard InChI is InChI=1S/C17H17Cl3N6O/c1-26-15-13(7-21-16(25-15)22-9-2-3-10(27)6-9)23-17(26)24-14-11(19)4-8(18)5-12(14)20/h4-5,7,9-10,27H,2-3,6H2,1H3,(H,23,24)(H,21,22,25)/t9-,10-/m0/s1. The fraction of sp³-hybridized carbons (Fsp3) is 0.353. The van der Waals surface area contributed by atoms with Crippen molar-refractivity contribution >= 4 is 63.6 Å². The fourth-order valence-electron chi connectivity index (χ4n) is 3.21. The first-order valence-electron chi connectivity index (χ1n) is 8.46. The normalized spacial score (nSPS) is 19.6. The van der Waals surface area contributed by atoms with E-state index < -0.39 is 0 Å². The van der Waals surface area contributed by atoms with Crippen LogP contribution in [0.1, 0.15) is 19.3 Å². The first-order valence-corrected chi connectivity index (χ1v) is 9.59. The summed E-state index contributed by atoms with van der Waals surface area (Å²) in [5.74, 6) is 1.04. The number of imidazole rings is 1. The first-order chi connectivity index (χ1) is 12.9. The summed E-state index contributed by atoms with van der Waals surface area (Å²) in [7, 11) is 1.84. The number of anilines is 3. The van der Waals surface area contributed by atoms with E-state index in [0.29, 0.717) is 50.2 Å². The third-order valence-corrected chi connectivity index (χ3v) is 5.41. The number of benzene rings is 1. The summed E-state index contributed by atoms with van der Waals surface area (Å²) < 4.78 is 1.80. The lowest BCUT2D eigenvalue weighted by atomic mass is 10.2. The average molecular weight is 428 g/mol. The van der Waals surface area contributed by atoms with Gasteiger partial charge in [0.25, 0.3) is 0 Å². The van der Waals surface area contributed by atoms with Crippen molar-refractivity contribution in [3.8, 4) is 0 Å². The Bertz CT molecular complexity index is 985. The number of fused-ring (bicyclic) bond motifs is 1. The van der Waals surface area contributed by atoms with E-state index in [2.05, 4.69) is 25.6 Å². The minimum Gasteiger partial charge on any atom is -0.393 e. The van der Waals surface area contributed by atoms with Crippen molar-refractivity contribution in [2.75, 3.05) is 10.6 Å². The van der Waals surface area contributed by atoms with Gasteiger partial charge < -0.3 is 15.7 Å². The van der Waals surface area contributed by atoms with Crippen LogP contribution in [0.2, 0.25) is 15.1 Å². The van der Waals surface area contributed by atoms with Gasteiger partial charge in [0.15, 0.2) is 5.65 Å². The van der Waals surface area contributed by atoms with Crippen LogP contribution in [0.25, 0.3) is 11.2 Å². The predicted molar refractivity (Wildman–Crippen MR) is 108 cm³/mol. The number of aryl methyl sites for hydroxylation is 1. The van der Waals surface area contributed by atoms with Gasteiger partial charge in [0, 0.05) is 18.1 Å². The molecule has 4 rings (SSSR count). The van der Waals surface area contributed by atoms with Crippen LogP contribution in [0.15, 0.2) is 18.3 Å². The number of rotatable bonds is 4. The van der Waals surface area contributed by atoms with E-state index in [1.807, 2.05) is 7.05 Å². The number of hydrogen-bond acceptors (Lipinski definition) is 6. The molecule has 2 heterocycles. The number of nitrogens with zero attached hydrogens (tertiary/aromatic N) is 4. The van der Waals surface area contributed by atoms with Crippen molar-refractivity contribution in [3.05, 3.63) is 33.4 Å². The summed E-state index contributed by atoms with van der Waals surface area (Å²) in [6.07, 6.45) is 3.79. The van der Waals surface area contributed by atoms with E-state index in [-0.39, 0.29) is 12.1 Å². The highest BCUT2D eigenvalue weighted by Gasteiger charge is 2.23. The maximum Gasteiger partial charge on any atom is 0.224 e. The molecule has 1 aliphatic rings. The Morgan fingerprint density at radius 3 is 2.56 bits per heavy atom. The minimum absolute atomic E-state index is 0.176. The number of aromatic nitrogens is 4. The molecule has 27 heavy (non-hydrogen) atoms. The average Bonchev–Trinajstić information content (AvgIpc) is 3.15. The molecule has 1 fully saturated rings. The molecule has 1 saturated carbocycles. The van der Waals surface area contributed by atoms with E-state index in [4.69, 9.17) is 34.8 Å². The van der Waals surface area contributed by atoms with Crippen LogP contribution in [-0.2, 0) is 7.05 Å². The molecule has 0 saturated heterocycles. The molecule has 0 unspecified atom stereocenters. The van der Waals surface area contributed by atoms with E-state index in [9.17, 15) is 5.11 Å². The number of hydrogen-bond donors (Lipinski definition) is 3. The highest BCUT2D eigenvalue weighted by Crippen LogP contribution is 2.36. The zero-order chi connectivity index (χ0) is 19.1. The zero-order valence-electron chi connectivity index (χ0n) is 14.4. The third kappa shape index (κ3) is 3.78. The Labute approximate surface area is 170 Å². The van der Waals surface area contributed by atoms with Gasteiger partial charge in [-0.15, -0.1) is 0 Å². The molecule has 0 spiro atoms. The van der Waals surface area contributed by atoms with Gasteiger partial charge in [-0.2, -0.15) is 4.98 Å². The summed E-state index contributed by atoms with van der Waals surface area (Å²) in [4.78, 5) is 13.4. The smallest absolute Gasteiger partial charge is 0.224 e. The molecule has 3 aromatic rings. The summed E-state index contributed by atoms with van der Waals surface area (Å²) in [6, 6.07) is 3.39. The second kappa shape index (κ2) is 7.31. The highest BCUT2D eigenvalue weighted by molar-refractivity contribution is 6.41. The van der Waals surface area contributed by atoms with Gasteiger partial charge >= 0.3 is 0 Å². The molecule has 0 bridgehead atoms. The number of aliphatic hydroxyl groups is 1. The van der Waals surface area contributed by atoms with Crippen LogP contribution in [0, 0.1) is 0 Å². The Balaban J connectivity index is 1.62. The monoisotopic (exact) mass is 426 g/mol. The molecular weight excluding hydrogens is 411 g/mol. The Kier molecular flexibility index (Phi) is 5.03. The van der Waals surface area contributed by atoms with Gasteiger partial charge in [0.2, 0.25) is 11.9 Å². The van der Waals surface area contributed by atoms with Crippen molar-refractivity contribution < 1.29 is 5.11 Å². The fourth-order valence-corrected chi connectivity index (χ4v) is 4.12. The van der Waals surface area contributed by atoms with Crippen molar-refractivity contribution in [1.82, 2.24) is 19.5 Å². The van der Waals surface area contributed by atoms with Crippen LogP contribution in [0.4, 0.5) is 17.6 Å². The van der Waals surface area contributed by atoms with Gasteiger partial charge in [0.1, 0.15) is 5.52 Å². The Morgan fingerprint density at radius 2 is 1.89 bits per heavy atom. The van der Waals surface area contributed by atoms with Crippen molar-refractivity contribution in [3.63, 3.8) is 0 Å². The number of halogens is 3. The molecule has 3 N–H and O–H groups in total. The molecule has 2 atom stereocenters. The van der Waals surface area contributed by atoms with Crippen LogP contribution in [0.5, 0.6) is 0 Å². The molecule has 10 heteroatoms. The molecule has 142 valence electrons. The molecule has 0 radical (unpaired) electrons. The van der Waals surface area contributed by atoms with Crippen molar-refractivity contribution in [2.24, 2.45) is 7.05 Å². The Hall–Kier alpha value is -1.80. The lowest BCUT2D eigenvalue weighted by molar-refractivity contribution is 0.182. The molecular formula is C17H17Cl3N6O. The van der Waals surface area contributed by atoms with Crippen molar-refractivity contribution in [1.29, 1.82) is 0 Å². The maximum atomic E-state index is 9.67. The predicted octanol–water partition coefficient (Wildman–Crippen LogP) is 4.39. The van der Waals surface area contributed by atoms with Crippen LogP contribution >= 0.6 is 34.8 Å². The SMILES string of the molecule is Cn1c(Nc2c(Cl)cc(Cl)cc2Cl)nc2cnc(N[C@H]3CC[C@H](O)C3)nc21. The van der Waals surface area contributed by atoms with Gasteiger partial charge in [-0.05, 0) is 31.4 Å². The lowest BCUT2D eigenvalue weighted by Crippen LogP contribution is -2.18. The highest BCUT2D eigenvalue weighted by atomic mass is 35.5. The number of aliphatic hydroxyl groups excluding tert-OH is 1. The number of nitrogens with one attached hydrogen (secondary N) is 2. The third-order valence-electron chi connectivity index (χ3n) is 4.59. The molecule has 1 aliphatic carbocycles. The zero-order valence-corrected chi connectivity index (χ0v) is 16.6. The first kappa shape index (κ1) is 18.6. The van der Waals surface area contributed by atoms with Crippen LogP contribution < -0.4 is 10.6 Å². The maximum absolute atomic E-state index is 9.67. The van der Waals surface area contributed by atoms with Crippen LogP contribution in [-0.4, -0.2) is 36.8 Å². The summed E-state index contributed by atoms with van der Waals surface area (Å²) in [6.45, 7) is 0. The second-order valence-corrected chi connectivity index (χ2v) is 7.83. The van der Waals surface area contributed by atoms with Crippen molar-refractivity contribution in [2.45, 2.75) is 31.4 Å². The van der Waals surface area contributed by atoms with E-state index in [0.717, 1.165) is 12.8 Å². The van der Waals surface area contributed by atoms with Crippen LogP contribution in [0.3, 0.4) is 0 Å². The van der Waals surface area contributed by atoms with Gasteiger partial charge in [-0.1, -0.05) is 34.8 Å². The summed E-state index contributed by atoms with van der Waals surface area (Å²) in [5.41, 5.74) is 1.82. The minimum atomic E-state index is -0.257. The van der Waals surface area contributed by atoms with E-state index in [1.165, 1.54) is 0 Å². The molecule has 0 aliphatic heterocycles. The lowest BCUT2D eigenvalue weighted by Gasteiger charge is -2.12. The Morgan fingerprint density at radius 1 is 1.15 bits per heavy atom. The van der Waals surface area contributed by atoms with E-state index >= 15 is 0 Å². The van der Waals surface area contributed by atoms with Gasteiger partial charge in [-0.3, -0.25) is 4.57 Å². The molecule has 2 aromatic heterocycles. The second-order valence-electron chi connectivity index (χ2n) is 6.57.